The zero-order chi connectivity index (χ0) is 15.4. The molecule has 1 fully saturated rings. The second-order valence-electron chi connectivity index (χ2n) is 5.58. The Morgan fingerprint density at radius 2 is 2.14 bits per heavy atom. The fourth-order valence-electron chi connectivity index (χ4n) is 2.76. The third kappa shape index (κ3) is 3.78. The van der Waals surface area contributed by atoms with Crippen LogP contribution in [0, 0.1) is 23.0 Å². The molecule has 1 aromatic carbocycles. The van der Waals surface area contributed by atoms with Gasteiger partial charge in [0.15, 0.2) is 0 Å². The lowest BCUT2D eigenvalue weighted by atomic mass is 9.86. The first-order chi connectivity index (χ1) is 9.99. The highest BCUT2D eigenvalue weighted by molar-refractivity contribution is 5.95. The van der Waals surface area contributed by atoms with Crippen LogP contribution in [0.15, 0.2) is 18.2 Å². The second-order valence-corrected chi connectivity index (χ2v) is 5.58. The normalized spacial score (nSPS) is 21.8. The van der Waals surface area contributed by atoms with Gasteiger partial charge in [-0.2, -0.15) is 0 Å². The van der Waals surface area contributed by atoms with Crippen molar-refractivity contribution in [2.45, 2.75) is 38.7 Å². The Hall–Kier alpha value is -1.95. The molecule has 1 aliphatic carbocycles. The van der Waals surface area contributed by atoms with Gasteiger partial charge in [-0.15, -0.1) is 0 Å². The molecule has 6 nitrogen and oxygen atoms in total. The van der Waals surface area contributed by atoms with Crippen molar-refractivity contribution >= 4 is 11.6 Å². The first-order valence-corrected chi connectivity index (χ1v) is 7.20. The maximum Gasteiger partial charge on any atom is 0.269 e. The van der Waals surface area contributed by atoms with Crippen molar-refractivity contribution in [2.24, 2.45) is 5.92 Å². The summed E-state index contributed by atoms with van der Waals surface area (Å²) in [6.45, 7) is 2.12. The van der Waals surface area contributed by atoms with E-state index in [2.05, 4.69) is 5.32 Å². The Balaban J connectivity index is 1.98. The second kappa shape index (κ2) is 6.67. The number of carbonyl (C=O) groups excluding carboxylic acids is 1. The summed E-state index contributed by atoms with van der Waals surface area (Å²) in [5.74, 6) is -0.152. The van der Waals surface area contributed by atoms with Gasteiger partial charge in [0.05, 0.1) is 11.0 Å². The summed E-state index contributed by atoms with van der Waals surface area (Å²) in [6.07, 6.45) is 3.47. The van der Waals surface area contributed by atoms with Crippen LogP contribution in [0.2, 0.25) is 0 Å². The molecule has 0 heterocycles. The number of rotatable bonds is 4. The van der Waals surface area contributed by atoms with Crippen molar-refractivity contribution in [1.29, 1.82) is 0 Å². The molecule has 0 radical (unpaired) electrons. The largest absolute Gasteiger partial charge is 0.393 e. The van der Waals surface area contributed by atoms with E-state index in [1.165, 1.54) is 18.2 Å². The highest BCUT2D eigenvalue weighted by atomic mass is 16.6. The standard InChI is InChI=1S/C15H20N2O4/c1-10-8-12(17(20)21)6-7-13(10)15(19)16-9-11-4-2-3-5-14(11)18/h6-8,11,14,18H,2-5,9H2,1H3,(H,16,19). The monoisotopic (exact) mass is 292 g/mol. The van der Waals surface area contributed by atoms with Crippen molar-refractivity contribution in [3.63, 3.8) is 0 Å². The fraction of sp³-hybridized carbons (Fsp3) is 0.533. The third-order valence-corrected chi connectivity index (χ3v) is 4.06. The van der Waals surface area contributed by atoms with Gasteiger partial charge in [0, 0.05) is 30.2 Å². The van der Waals surface area contributed by atoms with Gasteiger partial charge >= 0.3 is 0 Å². The lowest BCUT2D eigenvalue weighted by Gasteiger charge is -2.27. The molecule has 1 aromatic rings. The van der Waals surface area contributed by atoms with Crippen LogP contribution >= 0.6 is 0 Å². The number of aliphatic hydroxyl groups is 1. The first kappa shape index (κ1) is 15.4. The molecule has 2 N–H and O–H groups in total. The number of aryl methyl sites for hydroxylation is 1. The van der Waals surface area contributed by atoms with E-state index in [0.717, 1.165) is 25.7 Å². The summed E-state index contributed by atoms with van der Waals surface area (Å²) in [5, 5.41) is 23.4. The molecule has 0 aromatic heterocycles. The number of nitrogens with one attached hydrogen (secondary N) is 1. The predicted molar refractivity (Wildman–Crippen MR) is 78.1 cm³/mol. The number of hydrogen-bond donors (Lipinski definition) is 2. The zero-order valence-corrected chi connectivity index (χ0v) is 12.0. The van der Waals surface area contributed by atoms with Gasteiger partial charge in [-0.25, -0.2) is 0 Å². The van der Waals surface area contributed by atoms with Crippen LogP contribution in [-0.2, 0) is 0 Å². The Morgan fingerprint density at radius 3 is 2.76 bits per heavy atom. The first-order valence-electron chi connectivity index (χ1n) is 7.20. The van der Waals surface area contributed by atoms with Gasteiger partial charge in [-0.3, -0.25) is 14.9 Å². The Labute approximate surface area is 123 Å². The number of carbonyl (C=O) groups is 1. The van der Waals surface area contributed by atoms with E-state index in [9.17, 15) is 20.0 Å². The van der Waals surface area contributed by atoms with E-state index < -0.39 is 4.92 Å². The summed E-state index contributed by atoms with van der Waals surface area (Å²) in [4.78, 5) is 22.3. The van der Waals surface area contributed by atoms with Crippen LogP contribution in [0.4, 0.5) is 5.69 Å². The number of nitro benzene ring substituents is 1. The van der Waals surface area contributed by atoms with Gasteiger partial charge in [0.2, 0.25) is 0 Å². The van der Waals surface area contributed by atoms with E-state index in [-0.39, 0.29) is 23.6 Å². The number of hydrogen-bond acceptors (Lipinski definition) is 4. The zero-order valence-electron chi connectivity index (χ0n) is 12.0. The van der Waals surface area contributed by atoms with Gasteiger partial charge in [-0.1, -0.05) is 12.8 Å². The molecule has 114 valence electrons. The average molecular weight is 292 g/mol. The summed E-state index contributed by atoms with van der Waals surface area (Å²) in [5.41, 5.74) is 0.989. The van der Waals surface area contributed by atoms with E-state index >= 15 is 0 Å². The topological polar surface area (TPSA) is 92.5 Å². The number of nitro groups is 1. The van der Waals surface area contributed by atoms with E-state index in [0.29, 0.717) is 17.7 Å². The SMILES string of the molecule is Cc1cc([N+](=O)[O-])ccc1C(=O)NCC1CCCCC1O. The van der Waals surface area contributed by atoms with E-state index in [1.54, 1.807) is 6.92 Å². The summed E-state index contributed by atoms with van der Waals surface area (Å²) >= 11 is 0. The minimum Gasteiger partial charge on any atom is -0.393 e. The Bertz CT molecular complexity index is 544. The molecular formula is C15H20N2O4. The van der Waals surface area contributed by atoms with Crippen LogP contribution < -0.4 is 5.32 Å². The van der Waals surface area contributed by atoms with Crippen LogP contribution in [0.25, 0.3) is 0 Å². The lowest BCUT2D eigenvalue weighted by molar-refractivity contribution is -0.384. The molecule has 1 saturated carbocycles. The van der Waals surface area contributed by atoms with Gasteiger partial charge in [0.1, 0.15) is 0 Å². The molecule has 2 atom stereocenters. The molecule has 6 heteroatoms. The average Bonchev–Trinajstić information content (AvgIpc) is 2.46. The molecule has 0 bridgehead atoms. The van der Waals surface area contributed by atoms with Crippen LogP contribution in [0.3, 0.4) is 0 Å². The molecule has 1 aliphatic rings. The number of benzene rings is 1. The van der Waals surface area contributed by atoms with Crippen molar-refractivity contribution in [1.82, 2.24) is 5.32 Å². The number of non-ortho nitro benzene ring substituents is 1. The van der Waals surface area contributed by atoms with Crippen LogP contribution in [-0.4, -0.2) is 28.6 Å². The maximum absolute atomic E-state index is 12.1. The van der Waals surface area contributed by atoms with Crippen molar-refractivity contribution in [3.8, 4) is 0 Å². The number of nitrogens with zero attached hydrogens (tertiary/aromatic N) is 1. The molecule has 2 rings (SSSR count). The fourth-order valence-corrected chi connectivity index (χ4v) is 2.76. The summed E-state index contributed by atoms with van der Waals surface area (Å²) < 4.78 is 0. The van der Waals surface area contributed by atoms with Gasteiger partial charge in [0.25, 0.3) is 11.6 Å². The Morgan fingerprint density at radius 1 is 1.43 bits per heavy atom. The minimum absolute atomic E-state index is 0.0215. The van der Waals surface area contributed by atoms with Crippen molar-refractivity contribution in [3.05, 3.63) is 39.4 Å². The number of aliphatic hydroxyl groups excluding tert-OH is 1. The minimum atomic E-state index is -0.479. The quantitative estimate of drug-likeness (QED) is 0.657. The molecule has 0 saturated heterocycles. The molecule has 2 unspecified atom stereocenters. The smallest absolute Gasteiger partial charge is 0.269 e. The lowest BCUT2D eigenvalue weighted by Crippen LogP contribution is -2.36. The molecule has 21 heavy (non-hydrogen) atoms. The van der Waals surface area contributed by atoms with Crippen LogP contribution in [0.5, 0.6) is 0 Å². The molecule has 0 spiro atoms. The summed E-state index contributed by atoms with van der Waals surface area (Å²) in [6, 6.07) is 4.20. The highest BCUT2D eigenvalue weighted by Crippen LogP contribution is 2.24. The van der Waals surface area contributed by atoms with Crippen molar-refractivity contribution < 1.29 is 14.8 Å². The van der Waals surface area contributed by atoms with Gasteiger partial charge in [-0.05, 0) is 31.4 Å². The van der Waals surface area contributed by atoms with Crippen molar-refractivity contribution in [2.75, 3.05) is 6.54 Å². The Kier molecular flexibility index (Phi) is 4.90. The molecule has 0 aliphatic heterocycles. The van der Waals surface area contributed by atoms with Gasteiger partial charge < -0.3 is 10.4 Å². The van der Waals surface area contributed by atoms with Crippen LogP contribution in [0.1, 0.15) is 41.6 Å². The molecule has 1 amide bonds. The number of amides is 1. The summed E-state index contributed by atoms with van der Waals surface area (Å²) in [7, 11) is 0. The van der Waals surface area contributed by atoms with E-state index in [1.807, 2.05) is 0 Å². The maximum atomic E-state index is 12.1. The highest BCUT2D eigenvalue weighted by Gasteiger charge is 2.23. The van der Waals surface area contributed by atoms with E-state index in [4.69, 9.17) is 0 Å². The third-order valence-electron chi connectivity index (χ3n) is 4.06. The predicted octanol–water partition coefficient (Wildman–Crippen LogP) is 2.18. The molecular weight excluding hydrogens is 272 g/mol.